The molecule has 1 aromatic rings. The van der Waals surface area contributed by atoms with Crippen LogP contribution in [0.3, 0.4) is 0 Å². The van der Waals surface area contributed by atoms with Gasteiger partial charge in [-0.3, -0.25) is 0 Å². The Hall–Kier alpha value is -0.995. The number of rotatable bonds is 3. The second kappa shape index (κ2) is 4.50. The van der Waals surface area contributed by atoms with Gasteiger partial charge in [-0.2, -0.15) is 0 Å². The van der Waals surface area contributed by atoms with Crippen LogP contribution in [0.25, 0.3) is 0 Å². The topological polar surface area (TPSA) is 55.5 Å². The maximum absolute atomic E-state index is 10.4. The molecule has 0 saturated heterocycles. The first-order chi connectivity index (χ1) is 9.37. The van der Waals surface area contributed by atoms with Crippen LogP contribution in [0.15, 0.2) is 24.3 Å². The zero-order valence-electron chi connectivity index (χ0n) is 12.6. The minimum atomic E-state index is -0.864. The van der Waals surface area contributed by atoms with E-state index < -0.39 is 7.12 Å². The predicted octanol–water partition coefficient (Wildman–Crippen LogP) is 2.19. The summed E-state index contributed by atoms with van der Waals surface area (Å²) in [5.41, 5.74) is 7.14. The Morgan fingerprint density at radius 1 is 1.25 bits per heavy atom. The highest BCUT2D eigenvalue weighted by Crippen LogP contribution is 2.65. The van der Waals surface area contributed by atoms with Crippen molar-refractivity contribution in [2.24, 2.45) is 17.3 Å². The van der Waals surface area contributed by atoms with Gasteiger partial charge in [0.25, 0.3) is 0 Å². The lowest BCUT2D eigenvalue weighted by molar-refractivity contribution is -0.241. The SMILES string of the molecule is CC1CCC2CC1(OB(O)c1ccc(N)cc1)C2(C)C. The van der Waals surface area contributed by atoms with Crippen molar-refractivity contribution in [1.29, 1.82) is 0 Å². The number of benzene rings is 1. The summed E-state index contributed by atoms with van der Waals surface area (Å²) >= 11 is 0. The van der Waals surface area contributed by atoms with Crippen LogP contribution in [0, 0.1) is 17.3 Å². The molecular weight excluding hydrogens is 249 g/mol. The fourth-order valence-corrected chi connectivity index (χ4v) is 4.33. The molecule has 3 fully saturated rings. The summed E-state index contributed by atoms with van der Waals surface area (Å²) in [4.78, 5) is 0. The highest BCUT2D eigenvalue weighted by Gasteiger charge is 2.66. The lowest BCUT2D eigenvalue weighted by Crippen LogP contribution is -2.70. The van der Waals surface area contributed by atoms with E-state index in [9.17, 15) is 5.02 Å². The molecular formula is C16H24BNO2. The Balaban J connectivity index is 1.81. The van der Waals surface area contributed by atoms with Gasteiger partial charge in [0, 0.05) is 5.69 Å². The van der Waals surface area contributed by atoms with Crippen LogP contribution in [0.5, 0.6) is 0 Å². The van der Waals surface area contributed by atoms with Gasteiger partial charge in [0.2, 0.25) is 0 Å². The molecule has 1 aromatic carbocycles. The summed E-state index contributed by atoms with van der Waals surface area (Å²) in [5, 5.41) is 10.4. The zero-order chi connectivity index (χ0) is 14.5. The largest absolute Gasteiger partial charge is 0.491 e. The van der Waals surface area contributed by atoms with Crippen molar-refractivity contribution < 1.29 is 9.68 Å². The van der Waals surface area contributed by atoms with Gasteiger partial charge in [-0.25, -0.2) is 0 Å². The second-order valence-corrected chi connectivity index (χ2v) is 7.13. The maximum Gasteiger partial charge on any atom is 0.491 e. The number of nitrogens with two attached hydrogens (primary N) is 1. The van der Waals surface area contributed by atoms with Gasteiger partial charge in [0.15, 0.2) is 0 Å². The van der Waals surface area contributed by atoms with Crippen molar-refractivity contribution in [2.75, 3.05) is 5.73 Å². The molecule has 3 aliphatic carbocycles. The molecule has 108 valence electrons. The van der Waals surface area contributed by atoms with Gasteiger partial charge >= 0.3 is 7.12 Å². The van der Waals surface area contributed by atoms with Crippen molar-refractivity contribution in [2.45, 2.75) is 45.6 Å². The highest BCUT2D eigenvalue weighted by atomic mass is 16.5. The third-order valence-corrected chi connectivity index (χ3v) is 5.95. The Morgan fingerprint density at radius 3 is 2.45 bits per heavy atom. The number of anilines is 1. The van der Waals surface area contributed by atoms with Crippen molar-refractivity contribution in [3.05, 3.63) is 24.3 Å². The average Bonchev–Trinajstić information content (AvgIpc) is 2.41. The minimum absolute atomic E-state index is 0.152. The van der Waals surface area contributed by atoms with Crippen LogP contribution in [0.2, 0.25) is 0 Å². The monoisotopic (exact) mass is 273 g/mol. The molecule has 4 heteroatoms. The van der Waals surface area contributed by atoms with Crippen LogP contribution in [-0.4, -0.2) is 17.7 Å². The molecule has 3 aliphatic rings. The summed E-state index contributed by atoms with van der Waals surface area (Å²) in [6.07, 6.45) is 3.56. The van der Waals surface area contributed by atoms with Crippen LogP contribution in [0.1, 0.15) is 40.0 Å². The van der Waals surface area contributed by atoms with Crippen molar-refractivity contribution in [3.63, 3.8) is 0 Å². The molecule has 0 amide bonds. The van der Waals surface area contributed by atoms with E-state index in [0.29, 0.717) is 11.6 Å². The van der Waals surface area contributed by atoms with Crippen LogP contribution in [-0.2, 0) is 4.65 Å². The van der Waals surface area contributed by atoms with Crippen LogP contribution >= 0.6 is 0 Å². The Morgan fingerprint density at radius 2 is 1.90 bits per heavy atom. The van der Waals surface area contributed by atoms with E-state index in [-0.39, 0.29) is 11.0 Å². The van der Waals surface area contributed by atoms with E-state index >= 15 is 0 Å². The Labute approximate surface area is 121 Å². The van der Waals surface area contributed by atoms with E-state index in [1.807, 2.05) is 12.1 Å². The summed E-state index contributed by atoms with van der Waals surface area (Å²) in [5.74, 6) is 1.23. The molecule has 0 spiro atoms. The van der Waals surface area contributed by atoms with E-state index in [1.165, 1.54) is 12.8 Å². The molecule has 0 radical (unpaired) electrons. The third kappa shape index (κ3) is 1.81. The molecule has 4 rings (SSSR count). The van der Waals surface area contributed by atoms with E-state index in [4.69, 9.17) is 10.4 Å². The molecule has 3 saturated carbocycles. The smallest absolute Gasteiger partial charge is 0.423 e. The predicted molar refractivity (Wildman–Crippen MR) is 82.6 cm³/mol. The summed E-state index contributed by atoms with van der Waals surface area (Å²) < 4.78 is 6.21. The van der Waals surface area contributed by atoms with Gasteiger partial charge in [0.05, 0.1) is 5.60 Å². The minimum Gasteiger partial charge on any atom is -0.423 e. The van der Waals surface area contributed by atoms with Gasteiger partial charge in [-0.15, -0.1) is 0 Å². The molecule has 20 heavy (non-hydrogen) atoms. The van der Waals surface area contributed by atoms with Crippen molar-refractivity contribution in [1.82, 2.24) is 0 Å². The van der Waals surface area contributed by atoms with Gasteiger partial charge < -0.3 is 15.4 Å². The standard InChI is InChI=1S/C16H24BNO2/c1-11-4-5-12-10-16(11,15(12,2)3)20-17(19)13-6-8-14(18)9-7-13/h6-9,11-12,19H,4-5,10,18H2,1-3H3. The highest BCUT2D eigenvalue weighted by molar-refractivity contribution is 6.60. The van der Waals surface area contributed by atoms with Gasteiger partial charge in [-0.05, 0) is 54.1 Å². The van der Waals surface area contributed by atoms with E-state index in [2.05, 4.69) is 20.8 Å². The van der Waals surface area contributed by atoms with Crippen LogP contribution in [0.4, 0.5) is 5.69 Å². The van der Waals surface area contributed by atoms with Gasteiger partial charge in [0.1, 0.15) is 0 Å². The first-order valence-corrected chi connectivity index (χ1v) is 7.58. The summed E-state index contributed by atoms with van der Waals surface area (Å²) in [6.45, 7) is 6.83. The summed E-state index contributed by atoms with van der Waals surface area (Å²) in [7, 11) is -0.864. The number of hydrogen-bond acceptors (Lipinski definition) is 3. The van der Waals surface area contributed by atoms with Crippen molar-refractivity contribution in [3.8, 4) is 0 Å². The zero-order valence-corrected chi connectivity index (χ0v) is 12.6. The molecule has 0 heterocycles. The first kappa shape index (κ1) is 14.0. The van der Waals surface area contributed by atoms with E-state index in [1.54, 1.807) is 12.1 Å². The van der Waals surface area contributed by atoms with Crippen LogP contribution < -0.4 is 11.2 Å². The Kier molecular flexibility index (Phi) is 3.14. The molecule has 2 bridgehead atoms. The number of nitrogen functional groups attached to an aromatic ring is 1. The van der Waals surface area contributed by atoms with E-state index in [0.717, 1.165) is 17.8 Å². The lowest BCUT2D eigenvalue weighted by Gasteiger charge is -2.68. The second-order valence-electron chi connectivity index (χ2n) is 7.13. The van der Waals surface area contributed by atoms with Gasteiger partial charge in [-0.1, -0.05) is 32.9 Å². The summed E-state index contributed by atoms with van der Waals surface area (Å²) in [6, 6.07) is 7.29. The molecule has 3 N–H and O–H groups in total. The quantitative estimate of drug-likeness (QED) is 0.655. The number of hydrogen-bond donors (Lipinski definition) is 2. The maximum atomic E-state index is 10.4. The third-order valence-electron chi connectivity index (χ3n) is 5.95. The fourth-order valence-electron chi connectivity index (χ4n) is 4.33. The van der Waals surface area contributed by atoms with Crippen molar-refractivity contribution >= 4 is 18.3 Å². The molecule has 3 nitrogen and oxygen atoms in total. The number of fused-ring (bicyclic) bond motifs is 2. The molecule has 3 atom stereocenters. The fraction of sp³-hybridized carbons (Fsp3) is 0.625. The first-order valence-electron chi connectivity index (χ1n) is 7.58. The molecule has 0 aromatic heterocycles. The molecule has 3 unspecified atom stereocenters. The Bertz CT molecular complexity index is 502. The average molecular weight is 273 g/mol. The normalized spacial score (nSPS) is 34.4. The lowest BCUT2D eigenvalue weighted by atomic mass is 9.42. The molecule has 0 aliphatic heterocycles.